The van der Waals surface area contributed by atoms with Gasteiger partial charge in [0.05, 0.1) is 6.26 Å². The molecule has 1 aromatic heterocycles. The van der Waals surface area contributed by atoms with Gasteiger partial charge in [0, 0.05) is 17.5 Å². The minimum Gasteiger partial charge on any atom is -0.469 e. The lowest BCUT2D eigenvalue weighted by Crippen LogP contribution is -2.18. The van der Waals surface area contributed by atoms with Crippen LogP contribution in [0.25, 0.3) is 0 Å². The Morgan fingerprint density at radius 2 is 2.18 bits per heavy atom. The highest BCUT2D eigenvalue weighted by atomic mass is 35.5. The molecule has 1 aromatic carbocycles. The number of furan rings is 1. The molecule has 0 radical (unpaired) electrons. The van der Waals surface area contributed by atoms with E-state index in [9.17, 15) is 0 Å². The summed E-state index contributed by atoms with van der Waals surface area (Å²) in [4.78, 5) is 0. The predicted octanol–water partition coefficient (Wildman–Crippen LogP) is 3.74. The molecule has 2 rings (SSSR count). The Labute approximate surface area is 107 Å². The summed E-state index contributed by atoms with van der Waals surface area (Å²) in [7, 11) is 1.95. The monoisotopic (exact) mass is 249 g/mol. The highest BCUT2D eigenvalue weighted by molar-refractivity contribution is 6.31. The van der Waals surface area contributed by atoms with Gasteiger partial charge < -0.3 is 9.73 Å². The van der Waals surface area contributed by atoms with Crippen molar-refractivity contribution in [1.82, 2.24) is 5.32 Å². The lowest BCUT2D eigenvalue weighted by molar-refractivity contribution is 0.466. The first-order chi connectivity index (χ1) is 8.20. The minimum atomic E-state index is 0.222. The summed E-state index contributed by atoms with van der Waals surface area (Å²) in [5, 5.41) is 4.09. The Morgan fingerprint density at radius 1 is 1.35 bits per heavy atom. The highest BCUT2D eigenvalue weighted by Crippen LogP contribution is 2.23. The Balaban J connectivity index is 2.20. The summed E-state index contributed by atoms with van der Waals surface area (Å²) in [5.74, 6) is 0.973. The number of rotatable bonds is 4. The zero-order valence-electron chi connectivity index (χ0n) is 10.0. The van der Waals surface area contributed by atoms with E-state index in [1.807, 2.05) is 38.2 Å². The molecule has 0 aliphatic rings. The van der Waals surface area contributed by atoms with Crippen molar-refractivity contribution in [2.75, 3.05) is 7.05 Å². The first-order valence-electron chi connectivity index (χ1n) is 5.66. The first kappa shape index (κ1) is 12.2. The van der Waals surface area contributed by atoms with Gasteiger partial charge in [-0.05, 0) is 43.3 Å². The summed E-state index contributed by atoms with van der Waals surface area (Å²) >= 11 is 6.15. The molecule has 3 heteroatoms. The number of halogens is 1. The van der Waals surface area contributed by atoms with Gasteiger partial charge in [-0.3, -0.25) is 0 Å². The van der Waals surface area contributed by atoms with Crippen molar-refractivity contribution in [3.63, 3.8) is 0 Å². The van der Waals surface area contributed by atoms with Crippen molar-refractivity contribution in [3.05, 3.63) is 58.5 Å². The number of hydrogen-bond acceptors (Lipinski definition) is 2. The molecule has 17 heavy (non-hydrogen) atoms. The molecule has 0 amide bonds. The third-order valence-electron chi connectivity index (χ3n) is 2.93. The Hall–Kier alpha value is -1.25. The van der Waals surface area contributed by atoms with Crippen LogP contribution < -0.4 is 5.32 Å². The standard InChI is InChI=1S/C14H16ClNO/c1-10-5-6-11(8-13(10)15)14(16-2)9-12-4-3-7-17-12/h3-8,14,16H,9H2,1-2H3. The van der Waals surface area contributed by atoms with Crippen LogP contribution in [0, 0.1) is 6.92 Å². The van der Waals surface area contributed by atoms with Crippen molar-refractivity contribution in [3.8, 4) is 0 Å². The smallest absolute Gasteiger partial charge is 0.105 e. The Morgan fingerprint density at radius 3 is 2.76 bits per heavy atom. The second-order valence-electron chi connectivity index (χ2n) is 4.13. The Bertz CT molecular complexity index is 479. The van der Waals surface area contributed by atoms with Gasteiger partial charge in [0.25, 0.3) is 0 Å². The SMILES string of the molecule is CNC(Cc1ccco1)c1ccc(C)c(Cl)c1. The minimum absolute atomic E-state index is 0.222. The van der Waals surface area contributed by atoms with E-state index < -0.39 is 0 Å². The van der Waals surface area contributed by atoms with Crippen LogP contribution in [0.2, 0.25) is 5.02 Å². The second kappa shape index (κ2) is 5.39. The van der Waals surface area contributed by atoms with Crippen LogP contribution >= 0.6 is 11.6 Å². The van der Waals surface area contributed by atoms with Crippen LogP contribution in [0.4, 0.5) is 0 Å². The van der Waals surface area contributed by atoms with Crippen molar-refractivity contribution < 1.29 is 4.42 Å². The maximum absolute atomic E-state index is 6.15. The van der Waals surface area contributed by atoms with E-state index in [2.05, 4.69) is 11.4 Å². The maximum atomic E-state index is 6.15. The zero-order chi connectivity index (χ0) is 12.3. The molecule has 0 aliphatic carbocycles. The van der Waals surface area contributed by atoms with Gasteiger partial charge in [-0.15, -0.1) is 0 Å². The van der Waals surface area contributed by atoms with E-state index >= 15 is 0 Å². The van der Waals surface area contributed by atoms with Crippen LogP contribution in [0.3, 0.4) is 0 Å². The number of hydrogen-bond donors (Lipinski definition) is 1. The molecule has 2 nitrogen and oxygen atoms in total. The van der Waals surface area contributed by atoms with Gasteiger partial charge in [-0.25, -0.2) is 0 Å². The van der Waals surface area contributed by atoms with Crippen molar-refractivity contribution in [1.29, 1.82) is 0 Å². The molecule has 0 fully saturated rings. The number of likely N-dealkylation sites (N-methyl/N-ethyl adjacent to an activating group) is 1. The highest BCUT2D eigenvalue weighted by Gasteiger charge is 2.12. The number of benzene rings is 1. The van der Waals surface area contributed by atoms with Gasteiger partial charge in [-0.2, -0.15) is 0 Å². The van der Waals surface area contributed by atoms with Crippen LogP contribution in [0.15, 0.2) is 41.0 Å². The quantitative estimate of drug-likeness (QED) is 0.893. The van der Waals surface area contributed by atoms with E-state index in [1.54, 1.807) is 6.26 Å². The van der Waals surface area contributed by atoms with E-state index in [1.165, 1.54) is 5.56 Å². The fourth-order valence-corrected chi connectivity index (χ4v) is 2.03. The molecule has 1 N–H and O–H groups in total. The van der Waals surface area contributed by atoms with Crippen molar-refractivity contribution >= 4 is 11.6 Å². The average molecular weight is 250 g/mol. The normalized spacial score (nSPS) is 12.6. The van der Waals surface area contributed by atoms with E-state index in [0.29, 0.717) is 0 Å². The van der Waals surface area contributed by atoms with E-state index in [0.717, 1.165) is 22.8 Å². The van der Waals surface area contributed by atoms with Gasteiger partial charge in [0.2, 0.25) is 0 Å². The molecule has 2 aromatic rings. The third kappa shape index (κ3) is 2.90. The molecule has 1 atom stereocenters. The van der Waals surface area contributed by atoms with Gasteiger partial charge in [0.1, 0.15) is 5.76 Å². The largest absolute Gasteiger partial charge is 0.469 e. The molecule has 0 spiro atoms. The van der Waals surface area contributed by atoms with Gasteiger partial charge in [-0.1, -0.05) is 23.7 Å². The summed E-state index contributed by atoms with van der Waals surface area (Å²) < 4.78 is 5.37. The van der Waals surface area contributed by atoms with Crippen LogP contribution in [0.5, 0.6) is 0 Å². The molecule has 0 saturated carbocycles. The Kier molecular flexibility index (Phi) is 3.87. The summed E-state index contributed by atoms with van der Waals surface area (Å²) in [6.45, 7) is 2.01. The van der Waals surface area contributed by atoms with Crippen molar-refractivity contribution in [2.45, 2.75) is 19.4 Å². The molecular formula is C14H16ClNO. The second-order valence-corrected chi connectivity index (χ2v) is 4.54. The van der Waals surface area contributed by atoms with Gasteiger partial charge >= 0.3 is 0 Å². The molecule has 1 unspecified atom stereocenters. The topological polar surface area (TPSA) is 25.2 Å². The fourth-order valence-electron chi connectivity index (χ4n) is 1.84. The fraction of sp³-hybridized carbons (Fsp3) is 0.286. The lowest BCUT2D eigenvalue weighted by atomic mass is 10.0. The zero-order valence-corrected chi connectivity index (χ0v) is 10.8. The van der Waals surface area contributed by atoms with Crippen LogP contribution in [-0.4, -0.2) is 7.05 Å². The molecular weight excluding hydrogens is 234 g/mol. The van der Waals surface area contributed by atoms with Crippen molar-refractivity contribution in [2.24, 2.45) is 0 Å². The molecule has 0 aliphatic heterocycles. The maximum Gasteiger partial charge on any atom is 0.105 e. The van der Waals surface area contributed by atoms with E-state index in [-0.39, 0.29) is 6.04 Å². The van der Waals surface area contributed by atoms with Crippen LogP contribution in [-0.2, 0) is 6.42 Å². The molecule has 0 saturated heterocycles. The molecule has 0 bridgehead atoms. The van der Waals surface area contributed by atoms with Crippen LogP contribution in [0.1, 0.15) is 22.9 Å². The first-order valence-corrected chi connectivity index (χ1v) is 6.04. The summed E-state index contributed by atoms with van der Waals surface area (Å²) in [6.07, 6.45) is 2.52. The number of nitrogens with one attached hydrogen (secondary N) is 1. The van der Waals surface area contributed by atoms with E-state index in [4.69, 9.17) is 16.0 Å². The summed E-state index contributed by atoms with van der Waals surface area (Å²) in [6, 6.07) is 10.3. The lowest BCUT2D eigenvalue weighted by Gasteiger charge is -2.16. The third-order valence-corrected chi connectivity index (χ3v) is 3.34. The average Bonchev–Trinajstić information content (AvgIpc) is 2.82. The van der Waals surface area contributed by atoms with Gasteiger partial charge in [0.15, 0.2) is 0 Å². The molecule has 90 valence electrons. The predicted molar refractivity (Wildman–Crippen MR) is 70.4 cm³/mol. The number of aryl methyl sites for hydroxylation is 1. The summed E-state index contributed by atoms with van der Waals surface area (Å²) in [5.41, 5.74) is 2.28. The molecule has 1 heterocycles.